The van der Waals surface area contributed by atoms with E-state index in [4.69, 9.17) is 13.9 Å². The molecule has 0 amide bonds. The Morgan fingerprint density at radius 2 is 1.79 bits per heavy atom. The topological polar surface area (TPSA) is 107 Å². The van der Waals surface area contributed by atoms with Crippen molar-refractivity contribution in [2.45, 2.75) is 13.8 Å². The first-order valence-electron chi connectivity index (χ1n) is 9.87. The molecule has 0 atom stereocenters. The van der Waals surface area contributed by atoms with Crippen LogP contribution in [0, 0.1) is 11.6 Å². The zero-order valence-corrected chi connectivity index (χ0v) is 17.8. The van der Waals surface area contributed by atoms with Crippen molar-refractivity contribution in [2.24, 2.45) is 5.10 Å². The number of hydrazone groups is 1. The largest absolute Gasteiger partial charge is 0.455 e. The number of nitrogens with one attached hydrogen (secondary N) is 1. The molecule has 0 bridgehead atoms. The SMILES string of the molecule is CC(=O)Oc1cc(OC(C)=O)c2c(=O)c3cccc(/C=N/Nc4ccc(F)cc4F)c3oc2c1. The summed E-state index contributed by atoms with van der Waals surface area (Å²) in [6.45, 7) is 2.36. The van der Waals surface area contributed by atoms with Gasteiger partial charge < -0.3 is 13.9 Å². The van der Waals surface area contributed by atoms with Crippen molar-refractivity contribution in [3.63, 3.8) is 0 Å². The van der Waals surface area contributed by atoms with Gasteiger partial charge in [0.2, 0.25) is 5.43 Å². The molecule has 0 radical (unpaired) electrons. The lowest BCUT2D eigenvalue weighted by atomic mass is 10.1. The molecule has 0 saturated carbocycles. The van der Waals surface area contributed by atoms with Crippen molar-refractivity contribution in [1.82, 2.24) is 0 Å². The van der Waals surface area contributed by atoms with Gasteiger partial charge in [0.05, 0.1) is 17.3 Å². The number of para-hydroxylation sites is 1. The van der Waals surface area contributed by atoms with E-state index < -0.39 is 29.0 Å². The second-order valence-electron chi connectivity index (χ2n) is 7.13. The predicted molar refractivity (Wildman–Crippen MR) is 120 cm³/mol. The maximum absolute atomic E-state index is 13.8. The van der Waals surface area contributed by atoms with Crippen LogP contribution in [-0.4, -0.2) is 18.2 Å². The molecule has 34 heavy (non-hydrogen) atoms. The van der Waals surface area contributed by atoms with E-state index in [1.54, 1.807) is 12.1 Å². The minimum absolute atomic E-state index is 0.00545. The van der Waals surface area contributed by atoms with Gasteiger partial charge in [0, 0.05) is 37.6 Å². The van der Waals surface area contributed by atoms with E-state index in [2.05, 4.69) is 10.5 Å². The molecule has 8 nitrogen and oxygen atoms in total. The van der Waals surface area contributed by atoms with Gasteiger partial charge in [0.1, 0.15) is 33.9 Å². The van der Waals surface area contributed by atoms with Gasteiger partial charge >= 0.3 is 11.9 Å². The smallest absolute Gasteiger partial charge is 0.308 e. The Bertz CT molecular complexity index is 1540. The summed E-state index contributed by atoms with van der Waals surface area (Å²) in [6, 6.07) is 10.3. The van der Waals surface area contributed by atoms with E-state index in [0.29, 0.717) is 11.6 Å². The highest BCUT2D eigenvalue weighted by atomic mass is 19.1. The van der Waals surface area contributed by atoms with Crippen LogP contribution in [0.4, 0.5) is 14.5 Å². The Hall–Kier alpha value is -4.60. The first-order valence-corrected chi connectivity index (χ1v) is 9.87. The number of nitrogens with zero attached hydrogens (tertiary/aromatic N) is 1. The molecular formula is C24H16F2N2O6. The monoisotopic (exact) mass is 466 g/mol. The van der Waals surface area contributed by atoms with Crippen molar-refractivity contribution >= 4 is 45.8 Å². The zero-order valence-electron chi connectivity index (χ0n) is 17.8. The van der Waals surface area contributed by atoms with Crippen molar-refractivity contribution in [3.05, 3.63) is 76.0 Å². The Morgan fingerprint density at radius 3 is 2.50 bits per heavy atom. The van der Waals surface area contributed by atoms with Crippen LogP contribution in [0.2, 0.25) is 0 Å². The van der Waals surface area contributed by atoms with E-state index in [-0.39, 0.29) is 39.1 Å². The minimum Gasteiger partial charge on any atom is -0.455 e. The third-order valence-corrected chi connectivity index (χ3v) is 4.60. The van der Waals surface area contributed by atoms with Crippen LogP contribution in [-0.2, 0) is 9.59 Å². The van der Waals surface area contributed by atoms with Crippen LogP contribution in [0.25, 0.3) is 21.9 Å². The quantitative estimate of drug-likeness (QED) is 0.151. The van der Waals surface area contributed by atoms with Gasteiger partial charge in [-0.3, -0.25) is 19.8 Å². The van der Waals surface area contributed by atoms with Crippen LogP contribution in [0.5, 0.6) is 11.5 Å². The Balaban J connectivity index is 1.84. The molecule has 4 aromatic rings. The molecule has 0 aliphatic rings. The standard InChI is InChI=1S/C24H16F2N2O6/c1-12(29)32-16-9-20(33-13(2)30)22-21(10-16)34-24-14(4-3-5-17(24)23(22)31)11-27-28-19-7-6-15(25)8-18(19)26/h3-11,28H,1-2H3/b27-11+. The maximum Gasteiger partial charge on any atom is 0.308 e. The predicted octanol–water partition coefficient (Wildman–Crippen LogP) is 4.52. The van der Waals surface area contributed by atoms with Gasteiger partial charge in [-0.15, -0.1) is 0 Å². The molecule has 0 saturated heterocycles. The number of esters is 2. The number of ether oxygens (including phenoxy) is 2. The lowest BCUT2D eigenvalue weighted by Crippen LogP contribution is -2.10. The first kappa shape index (κ1) is 22.6. The normalized spacial score (nSPS) is 11.2. The van der Waals surface area contributed by atoms with Crippen molar-refractivity contribution < 1.29 is 32.3 Å². The van der Waals surface area contributed by atoms with E-state index >= 15 is 0 Å². The molecule has 1 heterocycles. The molecule has 3 aromatic carbocycles. The van der Waals surface area contributed by atoms with E-state index in [0.717, 1.165) is 6.07 Å². The summed E-state index contributed by atoms with van der Waals surface area (Å²) < 4.78 is 43.0. The summed E-state index contributed by atoms with van der Waals surface area (Å²) in [7, 11) is 0. The number of hydrogen-bond donors (Lipinski definition) is 1. The number of benzene rings is 3. The number of anilines is 1. The average molecular weight is 466 g/mol. The van der Waals surface area contributed by atoms with Crippen molar-refractivity contribution in [3.8, 4) is 11.5 Å². The minimum atomic E-state index is -0.830. The van der Waals surface area contributed by atoms with Gasteiger partial charge in [-0.1, -0.05) is 6.07 Å². The molecule has 1 aromatic heterocycles. The number of carbonyl (C=O) groups is 2. The number of fused-ring (bicyclic) bond motifs is 2. The van der Waals surface area contributed by atoms with Gasteiger partial charge in [0.15, 0.2) is 5.82 Å². The molecule has 0 aliphatic heterocycles. The molecular weight excluding hydrogens is 450 g/mol. The summed E-state index contributed by atoms with van der Waals surface area (Å²) in [5, 5.41) is 4.09. The number of carbonyl (C=O) groups excluding carboxylic acids is 2. The fourth-order valence-corrected chi connectivity index (χ4v) is 3.28. The van der Waals surface area contributed by atoms with Gasteiger partial charge in [-0.25, -0.2) is 8.78 Å². The first-order chi connectivity index (χ1) is 16.2. The van der Waals surface area contributed by atoms with Gasteiger partial charge in [-0.05, 0) is 24.3 Å². The Kier molecular flexibility index (Phi) is 6.05. The molecule has 0 aliphatic carbocycles. The maximum atomic E-state index is 13.8. The molecule has 10 heteroatoms. The number of rotatable bonds is 5. The van der Waals surface area contributed by atoms with Gasteiger partial charge in [0.25, 0.3) is 0 Å². The lowest BCUT2D eigenvalue weighted by molar-refractivity contribution is -0.132. The fraction of sp³-hybridized carbons (Fsp3) is 0.0833. The third kappa shape index (κ3) is 4.60. The molecule has 0 fully saturated rings. The summed E-state index contributed by atoms with van der Waals surface area (Å²) in [5.41, 5.74) is 2.42. The second kappa shape index (κ2) is 9.10. The summed E-state index contributed by atoms with van der Waals surface area (Å²) in [5.74, 6) is -2.97. The van der Waals surface area contributed by atoms with Crippen LogP contribution in [0.1, 0.15) is 19.4 Å². The van der Waals surface area contributed by atoms with E-state index in [1.165, 1.54) is 44.3 Å². The Labute approximate surface area is 190 Å². The van der Waals surface area contributed by atoms with Crippen molar-refractivity contribution in [2.75, 3.05) is 5.43 Å². The Morgan fingerprint density at radius 1 is 1.03 bits per heavy atom. The van der Waals surface area contributed by atoms with Crippen LogP contribution in [0.3, 0.4) is 0 Å². The summed E-state index contributed by atoms with van der Waals surface area (Å²) in [4.78, 5) is 36.2. The number of halogens is 2. The average Bonchev–Trinajstić information content (AvgIpc) is 2.74. The fourth-order valence-electron chi connectivity index (χ4n) is 3.28. The highest BCUT2D eigenvalue weighted by Gasteiger charge is 2.18. The summed E-state index contributed by atoms with van der Waals surface area (Å²) in [6.07, 6.45) is 1.29. The molecule has 0 spiro atoms. The number of hydrogen-bond acceptors (Lipinski definition) is 8. The molecule has 0 unspecified atom stereocenters. The van der Waals surface area contributed by atoms with E-state index in [9.17, 15) is 23.2 Å². The third-order valence-electron chi connectivity index (χ3n) is 4.60. The zero-order chi connectivity index (χ0) is 24.4. The highest BCUT2D eigenvalue weighted by molar-refractivity contribution is 6.01. The second-order valence-corrected chi connectivity index (χ2v) is 7.13. The highest BCUT2D eigenvalue weighted by Crippen LogP contribution is 2.32. The van der Waals surface area contributed by atoms with Crippen molar-refractivity contribution in [1.29, 1.82) is 0 Å². The lowest BCUT2D eigenvalue weighted by Gasteiger charge is -2.10. The molecule has 1 N–H and O–H groups in total. The molecule has 4 rings (SSSR count). The molecule has 172 valence electrons. The van der Waals surface area contributed by atoms with Crippen LogP contribution >= 0.6 is 0 Å². The van der Waals surface area contributed by atoms with Gasteiger partial charge in [-0.2, -0.15) is 5.10 Å². The van der Waals surface area contributed by atoms with Crippen LogP contribution < -0.4 is 20.3 Å². The summed E-state index contributed by atoms with van der Waals surface area (Å²) >= 11 is 0. The van der Waals surface area contributed by atoms with E-state index in [1.807, 2.05) is 0 Å². The van der Waals surface area contributed by atoms with Crippen LogP contribution in [0.15, 0.2) is 62.8 Å².